The number of esters is 1. The predicted octanol–water partition coefficient (Wildman–Crippen LogP) is 4.91. The van der Waals surface area contributed by atoms with Crippen LogP contribution in [-0.4, -0.2) is 103 Å². The van der Waals surface area contributed by atoms with Gasteiger partial charge in [0.05, 0.1) is 31.2 Å². The second-order valence-corrected chi connectivity index (χ2v) is 16.0. The van der Waals surface area contributed by atoms with Gasteiger partial charge in [0.15, 0.2) is 0 Å². The Morgan fingerprint density at radius 2 is 1.71 bits per heavy atom. The average molecular weight is 822 g/mol. The Labute approximate surface area is 332 Å². The molecule has 1 spiro atoms. The van der Waals surface area contributed by atoms with Crippen molar-refractivity contribution in [1.29, 1.82) is 0 Å². The normalized spacial score (nSPS) is 29.6. The van der Waals surface area contributed by atoms with Crippen molar-refractivity contribution in [2.45, 2.75) is 82.9 Å². The van der Waals surface area contributed by atoms with E-state index in [-0.39, 0.29) is 38.0 Å². The Morgan fingerprint density at radius 3 is 2.35 bits per heavy atom. The molecule has 13 heteroatoms. The summed E-state index contributed by atoms with van der Waals surface area (Å²) in [5.74, 6) is -3.99. The van der Waals surface area contributed by atoms with Crippen molar-refractivity contribution < 1.29 is 38.5 Å². The van der Waals surface area contributed by atoms with E-state index in [9.17, 15) is 14.7 Å². The number of fused-ring (bicyclic) bond motifs is 2. The van der Waals surface area contributed by atoms with E-state index in [0.29, 0.717) is 28.6 Å². The zero-order valence-corrected chi connectivity index (χ0v) is 33.8. The summed E-state index contributed by atoms with van der Waals surface area (Å²) in [7, 11) is 1.51. The van der Waals surface area contributed by atoms with E-state index in [1.165, 1.54) is 12.0 Å². The van der Waals surface area contributed by atoms with Crippen LogP contribution in [0.3, 0.4) is 0 Å². The van der Waals surface area contributed by atoms with Crippen LogP contribution in [-0.2, 0) is 33.4 Å². The van der Waals surface area contributed by atoms with Gasteiger partial charge in [-0.15, -0.1) is 0 Å². The topological polar surface area (TPSA) is 138 Å². The van der Waals surface area contributed by atoms with Gasteiger partial charge >= 0.3 is 5.97 Å². The number of cyclic esters (lactones) is 1. The summed E-state index contributed by atoms with van der Waals surface area (Å²) in [5.41, 5.74) is 0.716. The minimum Gasteiger partial charge on any atom is -0.455 e. The molecule has 296 valence electrons. The molecule has 4 aliphatic heterocycles. The maximum Gasteiger partial charge on any atom is 0.313 e. The highest BCUT2D eigenvalue weighted by Gasteiger charge is 2.75. The summed E-state index contributed by atoms with van der Waals surface area (Å²) in [6.07, 6.45) is 4.57. The van der Waals surface area contributed by atoms with Crippen molar-refractivity contribution in [3.8, 4) is 0 Å². The Hall–Kier alpha value is -4.04. The molecule has 2 saturated heterocycles. The summed E-state index contributed by atoms with van der Waals surface area (Å²) in [4.78, 5) is 63.8. The van der Waals surface area contributed by atoms with Gasteiger partial charge in [0.1, 0.15) is 29.8 Å². The Morgan fingerprint density at radius 1 is 1.00 bits per heavy atom. The van der Waals surface area contributed by atoms with Crippen molar-refractivity contribution in [3.63, 3.8) is 0 Å². The fourth-order valence-electron chi connectivity index (χ4n) is 8.73. The third-order valence-corrected chi connectivity index (χ3v) is 11.9. The maximum absolute atomic E-state index is 15.4. The minimum atomic E-state index is -1.54. The number of aliphatic hydroxyl groups excluding tert-OH is 1. The van der Waals surface area contributed by atoms with E-state index in [1.807, 2.05) is 80.6 Å². The van der Waals surface area contributed by atoms with Crippen LogP contribution in [0.4, 0.5) is 11.4 Å². The van der Waals surface area contributed by atoms with Gasteiger partial charge in [0.25, 0.3) is 5.91 Å². The number of allylic oxidation sites excluding steroid dienone is 1. The first-order chi connectivity index (χ1) is 26.5. The van der Waals surface area contributed by atoms with Crippen LogP contribution in [0.2, 0.25) is 0 Å². The highest BCUT2D eigenvalue weighted by atomic mass is 79.9. The molecule has 8 atom stereocenters. The molecule has 55 heavy (non-hydrogen) atoms. The van der Waals surface area contributed by atoms with Crippen molar-refractivity contribution in [3.05, 3.63) is 82.9 Å². The van der Waals surface area contributed by atoms with Gasteiger partial charge in [-0.2, -0.15) is 0 Å². The molecule has 12 nitrogen and oxygen atoms in total. The standard InChI is InChI=1S/C42H53BrN4O8/c1-6-45(7-2)28-17-19-29(20-18-28)46-21-13-9-12-16-33(49)44-32(25-53-5)36(27-14-10-8-11-15-27)54-41(52)34-35-39(50)47(30(24-48)22-26(3)4)38(40(46)51)42(35)23-31(43)37(34)55-42/h8-11,13-15,17-20,23,26,30,32,34-38,48H,6-7,12,16,21-22,24-25H2,1-5H3,(H,44,49)/b13-9-/t30-,32+,34-,35+,36+,37-,38-,42+/m1/s1. The molecule has 0 radical (unpaired) electrons. The molecular weight excluding hydrogens is 768 g/mol. The Kier molecular flexibility index (Phi) is 12.9. The molecule has 0 aliphatic carbocycles. The molecule has 6 rings (SSSR count). The lowest BCUT2D eigenvalue weighted by Gasteiger charge is -2.39. The Balaban J connectivity index is 1.50. The minimum absolute atomic E-state index is 0.0503. The smallest absolute Gasteiger partial charge is 0.313 e. The van der Waals surface area contributed by atoms with E-state index in [4.69, 9.17) is 14.2 Å². The van der Waals surface area contributed by atoms with Crippen molar-refractivity contribution in [2.75, 3.05) is 49.8 Å². The number of carbonyl (C=O) groups excluding carboxylic acids is 4. The van der Waals surface area contributed by atoms with Crippen LogP contribution >= 0.6 is 15.9 Å². The molecule has 2 N–H and O–H groups in total. The fourth-order valence-corrected chi connectivity index (χ4v) is 9.46. The van der Waals surface area contributed by atoms with E-state index in [2.05, 4.69) is 40.0 Å². The van der Waals surface area contributed by atoms with E-state index in [1.54, 1.807) is 11.0 Å². The Bertz CT molecular complexity index is 1770. The summed E-state index contributed by atoms with van der Waals surface area (Å²) in [6.45, 7) is 9.60. The maximum atomic E-state index is 15.4. The average Bonchev–Trinajstić information content (AvgIpc) is 3.77. The number of likely N-dealkylation sites (tertiary alicyclic amines) is 1. The first-order valence-corrected chi connectivity index (χ1v) is 20.1. The van der Waals surface area contributed by atoms with Gasteiger partial charge in [-0.3, -0.25) is 19.2 Å². The number of methoxy groups -OCH3 is 1. The lowest BCUT2D eigenvalue weighted by Crippen LogP contribution is -2.59. The van der Waals surface area contributed by atoms with Crippen molar-refractivity contribution in [1.82, 2.24) is 10.2 Å². The van der Waals surface area contributed by atoms with Gasteiger partial charge in [0, 0.05) is 49.0 Å². The molecular formula is C42H53BrN4O8. The molecule has 2 aromatic rings. The zero-order valence-electron chi connectivity index (χ0n) is 32.2. The number of amides is 3. The van der Waals surface area contributed by atoms with Gasteiger partial charge in [0.2, 0.25) is 11.8 Å². The molecule has 0 aromatic heterocycles. The first-order valence-electron chi connectivity index (χ1n) is 19.3. The molecule has 0 unspecified atom stereocenters. The number of halogens is 1. The third kappa shape index (κ3) is 7.85. The van der Waals surface area contributed by atoms with E-state index < -0.39 is 65.6 Å². The van der Waals surface area contributed by atoms with Crippen molar-refractivity contribution in [2.24, 2.45) is 17.8 Å². The number of nitrogens with zero attached hydrogens (tertiary/aromatic N) is 3. The highest BCUT2D eigenvalue weighted by molar-refractivity contribution is 9.11. The second-order valence-electron chi connectivity index (χ2n) is 15.1. The third-order valence-electron chi connectivity index (χ3n) is 11.2. The van der Waals surface area contributed by atoms with E-state index >= 15 is 9.59 Å². The number of benzene rings is 2. The highest BCUT2D eigenvalue weighted by Crippen LogP contribution is 2.59. The fraction of sp³-hybridized carbons (Fsp3) is 0.524. The SMILES string of the molecule is CCN(CC)c1ccc(N2C/C=C\CCC(=O)N[C@@H](COC)[C@H](c3ccccc3)OC(=O)[C@H]3[C@@H]4O[C@@]5(C=C4Br)[C@@H]3C(=O)N([C@@H](CO)CC(C)C)[C@@H]5C2=O)cc1. The van der Waals surface area contributed by atoms with Crippen LogP contribution in [0.1, 0.15) is 58.6 Å². The van der Waals surface area contributed by atoms with Gasteiger partial charge in [-0.25, -0.2) is 0 Å². The summed E-state index contributed by atoms with van der Waals surface area (Å²) >= 11 is 3.64. The molecule has 2 aromatic carbocycles. The monoisotopic (exact) mass is 820 g/mol. The summed E-state index contributed by atoms with van der Waals surface area (Å²) < 4.78 is 19.2. The van der Waals surface area contributed by atoms with Crippen LogP contribution in [0.25, 0.3) is 0 Å². The summed E-state index contributed by atoms with van der Waals surface area (Å²) in [5, 5.41) is 13.9. The lowest BCUT2D eigenvalue weighted by molar-refractivity contribution is -0.162. The number of aliphatic hydroxyl groups is 1. The van der Waals surface area contributed by atoms with E-state index in [0.717, 1.165) is 18.8 Å². The number of ether oxygens (including phenoxy) is 3. The number of carbonyl (C=O) groups is 4. The second kappa shape index (κ2) is 17.4. The molecule has 2 fully saturated rings. The first kappa shape index (κ1) is 40.6. The largest absolute Gasteiger partial charge is 0.455 e. The van der Waals surface area contributed by atoms with Crippen LogP contribution < -0.4 is 15.1 Å². The number of rotatable bonds is 11. The predicted molar refractivity (Wildman–Crippen MR) is 212 cm³/mol. The zero-order chi connectivity index (χ0) is 39.4. The van der Waals surface area contributed by atoms with Crippen LogP contribution in [0.15, 0.2) is 77.3 Å². The van der Waals surface area contributed by atoms with Crippen LogP contribution in [0.5, 0.6) is 0 Å². The van der Waals surface area contributed by atoms with Gasteiger partial charge in [-0.05, 0) is 68.5 Å². The molecule has 5 bridgehead atoms. The molecule has 4 heterocycles. The van der Waals surface area contributed by atoms with Gasteiger partial charge < -0.3 is 39.3 Å². The quantitative estimate of drug-likeness (QED) is 0.239. The number of hydrogen-bond acceptors (Lipinski definition) is 9. The number of anilines is 2. The molecule has 0 saturated carbocycles. The number of hydrogen-bond donors (Lipinski definition) is 2. The molecule has 3 amide bonds. The summed E-state index contributed by atoms with van der Waals surface area (Å²) in [6, 6.07) is 14.1. The molecule has 4 aliphatic rings. The van der Waals surface area contributed by atoms with Gasteiger partial charge in [-0.1, -0.05) is 72.3 Å². The number of nitrogens with one attached hydrogen (secondary N) is 1. The van der Waals surface area contributed by atoms with Crippen molar-refractivity contribution >= 4 is 51.0 Å². The van der Waals surface area contributed by atoms with Crippen LogP contribution in [0, 0.1) is 17.8 Å². The lowest BCUT2D eigenvalue weighted by atomic mass is 9.74.